The van der Waals surface area contributed by atoms with Crippen molar-refractivity contribution in [3.63, 3.8) is 0 Å². The molecule has 2 nitrogen and oxygen atoms in total. The first-order valence-electron chi connectivity index (χ1n) is 4.07. The highest BCUT2D eigenvalue weighted by atomic mass is 14.7. The number of nitrogens with zero attached hydrogens (tertiary/aromatic N) is 2. The Morgan fingerprint density at radius 3 is 2.33 bits per heavy atom. The number of rotatable bonds is 3. The number of allylic oxidation sites excluding steroid dienone is 1. The Morgan fingerprint density at radius 2 is 2.00 bits per heavy atom. The van der Waals surface area contributed by atoms with Gasteiger partial charge < -0.3 is 0 Å². The third kappa shape index (κ3) is 5.83. The molecule has 0 N–H and O–H groups in total. The van der Waals surface area contributed by atoms with Crippen LogP contribution in [-0.2, 0) is 0 Å². The average Bonchev–Trinajstić information content (AvgIpc) is 1.95. The zero-order valence-corrected chi connectivity index (χ0v) is 8.46. The fourth-order valence-corrected chi connectivity index (χ4v) is 0.895. The van der Waals surface area contributed by atoms with Gasteiger partial charge in [-0.1, -0.05) is 20.8 Å². The van der Waals surface area contributed by atoms with E-state index >= 15 is 0 Å². The van der Waals surface area contributed by atoms with Gasteiger partial charge in [0, 0.05) is 19.0 Å². The van der Waals surface area contributed by atoms with Crippen molar-refractivity contribution in [3.05, 3.63) is 12.3 Å². The quantitative estimate of drug-likeness (QED) is 0.576. The van der Waals surface area contributed by atoms with Crippen LogP contribution in [0.4, 0.5) is 0 Å². The Hall–Kier alpha value is -0.920. The van der Waals surface area contributed by atoms with Gasteiger partial charge in [0.15, 0.2) is 0 Å². The molecule has 12 heavy (non-hydrogen) atoms. The predicted molar refractivity (Wildman–Crippen MR) is 56.1 cm³/mol. The standard InChI is InChI=1S/C10H18N2/c1-10(2,3)8-9(12-5)6-7-11-4/h6-7H,4,8H2,1-3,5H3/b7-6-,12-9+. The van der Waals surface area contributed by atoms with E-state index in [0.717, 1.165) is 12.1 Å². The first kappa shape index (κ1) is 11.1. The average molecular weight is 166 g/mol. The molecule has 0 rings (SSSR count). The van der Waals surface area contributed by atoms with Crippen molar-refractivity contribution in [1.82, 2.24) is 0 Å². The molecule has 0 heterocycles. The summed E-state index contributed by atoms with van der Waals surface area (Å²) in [5, 5.41) is 0. The highest BCUT2D eigenvalue weighted by molar-refractivity contribution is 5.95. The second-order valence-corrected chi connectivity index (χ2v) is 3.95. The third-order valence-corrected chi connectivity index (χ3v) is 1.37. The van der Waals surface area contributed by atoms with Crippen molar-refractivity contribution >= 4 is 12.4 Å². The zero-order chi connectivity index (χ0) is 9.61. The highest BCUT2D eigenvalue weighted by Gasteiger charge is 2.11. The molecule has 0 bridgehead atoms. The molecule has 0 aliphatic rings. The van der Waals surface area contributed by atoms with Crippen LogP contribution >= 0.6 is 0 Å². The first-order valence-corrected chi connectivity index (χ1v) is 4.07. The molecule has 0 atom stereocenters. The van der Waals surface area contributed by atoms with E-state index in [2.05, 4.69) is 37.5 Å². The molecule has 0 aliphatic carbocycles. The number of aliphatic imine (C=N–C) groups is 2. The molecule has 0 amide bonds. The smallest absolute Gasteiger partial charge is 0.0365 e. The lowest BCUT2D eigenvalue weighted by atomic mass is 9.89. The summed E-state index contributed by atoms with van der Waals surface area (Å²) < 4.78 is 0. The molecule has 0 saturated heterocycles. The van der Waals surface area contributed by atoms with Crippen molar-refractivity contribution in [2.45, 2.75) is 27.2 Å². The SMILES string of the molecule is C=N/C=C\C(CC(C)(C)C)=N/C. The second-order valence-electron chi connectivity index (χ2n) is 3.95. The van der Waals surface area contributed by atoms with Crippen LogP contribution in [0.25, 0.3) is 0 Å². The minimum Gasteiger partial charge on any atom is -0.293 e. The fraction of sp³-hybridized carbons (Fsp3) is 0.600. The molecule has 0 aromatic rings. The van der Waals surface area contributed by atoms with Crippen molar-refractivity contribution in [2.75, 3.05) is 7.05 Å². The summed E-state index contributed by atoms with van der Waals surface area (Å²) in [5.41, 5.74) is 1.34. The van der Waals surface area contributed by atoms with Gasteiger partial charge in [0.25, 0.3) is 0 Å². The molecule has 2 heteroatoms. The maximum absolute atomic E-state index is 4.15. The summed E-state index contributed by atoms with van der Waals surface area (Å²) in [5.74, 6) is 0. The molecular weight excluding hydrogens is 148 g/mol. The molecule has 0 spiro atoms. The van der Waals surface area contributed by atoms with E-state index in [1.807, 2.05) is 6.08 Å². The molecule has 0 saturated carbocycles. The summed E-state index contributed by atoms with van der Waals surface area (Å²) in [6, 6.07) is 0. The number of hydrogen-bond donors (Lipinski definition) is 0. The first-order chi connectivity index (χ1) is 5.49. The van der Waals surface area contributed by atoms with Gasteiger partial charge in [-0.25, -0.2) is 0 Å². The zero-order valence-electron chi connectivity index (χ0n) is 8.46. The summed E-state index contributed by atoms with van der Waals surface area (Å²) in [4.78, 5) is 7.80. The topological polar surface area (TPSA) is 24.7 Å². The highest BCUT2D eigenvalue weighted by Crippen LogP contribution is 2.19. The third-order valence-electron chi connectivity index (χ3n) is 1.37. The van der Waals surface area contributed by atoms with Crippen LogP contribution < -0.4 is 0 Å². The van der Waals surface area contributed by atoms with Crippen LogP contribution in [0, 0.1) is 5.41 Å². The Kier molecular flexibility index (Phi) is 4.49. The predicted octanol–water partition coefficient (Wildman–Crippen LogP) is 2.71. The van der Waals surface area contributed by atoms with Crippen LogP contribution in [0.5, 0.6) is 0 Å². The summed E-state index contributed by atoms with van der Waals surface area (Å²) in [6.07, 6.45) is 4.54. The van der Waals surface area contributed by atoms with E-state index in [9.17, 15) is 0 Å². The molecule has 0 radical (unpaired) electrons. The Labute approximate surface area is 75.1 Å². The van der Waals surface area contributed by atoms with Crippen molar-refractivity contribution in [2.24, 2.45) is 15.4 Å². The monoisotopic (exact) mass is 166 g/mol. The number of hydrogen-bond acceptors (Lipinski definition) is 2. The lowest BCUT2D eigenvalue weighted by Crippen LogP contribution is -2.11. The fourth-order valence-electron chi connectivity index (χ4n) is 0.895. The summed E-state index contributed by atoms with van der Waals surface area (Å²) in [6.45, 7) is 9.94. The lowest BCUT2D eigenvalue weighted by molar-refractivity contribution is 0.434. The Morgan fingerprint density at radius 1 is 1.42 bits per heavy atom. The van der Waals surface area contributed by atoms with Gasteiger partial charge in [0.05, 0.1) is 0 Å². The van der Waals surface area contributed by atoms with Crippen LogP contribution in [0.15, 0.2) is 22.3 Å². The molecule has 0 fully saturated rings. The van der Waals surface area contributed by atoms with Gasteiger partial charge in [-0.05, 0) is 24.6 Å². The largest absolute Gasteiger partial charge is 0.293 e. The molecule has 0 aromatic heterocycles. The van der Waals surface area contributed by atoms with Gasteiger partial charge in [-0.2, -0.15) is 0 Å². The van der Waals surface area contributed by atoms with Crippen molar-refractivity contribution in [3.8, 4) is 0 Å². The van der Waals surface area contributed by atoms with E-state index in [1.54, 1.807) is 13.2 Å². The van der Waals surface area contributed by atoms with Crippen molar-refractivity contribution < 1.29 is 0 Å². The molecular formula is C10H18N2. The maximum Gasteiger partial charge on any atom is 0.0365 e. The lowest BCUT2D eigenvalue weighted by Gasteiger charge is -2.17. The Balaban J connectivity index is 4.21. The summed E-state index contributed by atoms with van der Waals surface area (Å²) >= 11 is 0. The maximum atomic E-state index is 4.15. The van der Waals surface area contributed by atoms with Gasteiger partial charge in [0.1, 0.15) is 0 Å². The molecule has 0 aromatic carbocycles. The van der Waals surface area contributed by atoms with Crippen LogP contribution in [-0.4, -0.2) is 19.5 Å². The van der Waals surface area contributed by atoms with Crippen LogP contribution in [0.2, 0.25) is 0 Å². The van der Waals surface area contributed by atoms with Gasteiger partial charge in [0.2, 0.25) is 0 Å². The van der Waals surface area contributed by atoms with Crippen molar-refractivity contribution in [1.29, 1.82) is 0 Å². The van der Waals surface area contributed by atoms with E-state index < -0.39 is 0 Å². The van der Waals surface area contributed by atoms with Gasteiger partial charge >= 0.3 is 0 Å². The molecule has 0 unspecified atom stereocenters. The minimum absolute atomic E-state index is 0.278. The van der Waals surface area contributed by atoms with Crippen LogP contribution in [0.3, 0.4) is 0 Å². The normalized spacial score (nSPS) is 13.8. The van der Waals surface area contributed by atoms with E-state index in [-0.39, 0.29) is 5.41 Å². The van der Waals surface area contributed by atoms with E-state index in [0.29, 0.717) is 0 Å². The van der Waals surface area contributed by atoms with Crippen LogP contribution in [0.1, 0.15) is 27.2 Å². The van der Waals surface area contributed by atoms with E-state index in [4.69, 9.17) is 0 Å². The van der Waals surface area contributed by atoms with Gasteiger partial charge in [-0.3, -0.25) is 9.98 Å². The second kappa shape index (κ2) is 4.86. The van der Waals surface area contributed by atoms with Gasteiger partial charge in [-0.15, -0.1) is 0 Å². The minimum atomic E-state index is 0.278. The van der Waals surface area contributed by atoms with E-state index in [1.165, 1.54) is 0 Å². The Bertz CT molecular complexity index is 194. The summed E-state index contributed by atoms with van der Waals surface area (Å²) in [7, 11) is 1.80. The molecule has 0 aliphatic heterocycles. The molecule has 68 valence electrons.